The molecule has 0 amide bonds. The first kappa shape index (κ1) is 12.3. The molecule has 2 heterocycles. The quantitative estimate of drug-likeness (QED) is 0.786. The molecule has 3 aromatic rings. The average Bonchev–Trinajstić information content (AvgIpc) is 2.91. The van der Waals surface area contributed by atoms with Crippen LogP contribution in [0.1, 0.15) is 23.4 Å². The van der Waals surface area contributed by atoms with Crippen LogP contribution in [0.4, 0.5) is 0 Å². The Kier molecular flexibility index (Phi) is 2.90. The van der Waals surface area contributed by atoms with E-state index < -0.39 is 5.97 Å². The Morgan fingerprint density at radius 2 is 2.20 bits per heavy atom. The molecule has 0 saturated heterocycles. The third-order valence-corrected chi connectivity index (χ3v) is 3.07. The maximum atomic E-state index is 11.0. The number of carbonyl (C=O) groups is 1. The van der Waals surface area contributed by atoms with E-state index in [1.807, 2.05) is 31.2 Å². The number of rotatable bonds is 3. The van der Waals surface area contributed by atoms with Crippen molar-refractivity contribution in [3.8, 4) is 5.69 Å². The number of carboxylic acid groups (broad SMARTS) is 1. The number of carboxylic acids is 1. The van der Waals surface area contributed by atoms with Crippen molar-refractivity contribution in [3.63, 3.8) is 0 Å². The molecule has 100 valence electrons. The molecule has 2 aromatic heterocycles. The summed E-state index contributed by atoms with van der Waals surface area (Å²) in [7, 11) is 0. The molecule has 0 radical (unpaired) electrons. The molecule has 0 saturated carbocycles. The fourth-order valence-electron chi connectivity index (χ4n) is 2.15. The molecular weight excluding hydrogens is 256 g/mol. The van der Waals surface area contributed by atoms with Gasteiger partial charge in [0, 0.05) is 29.6 Å². The second kappa shape index (κ2) is 4.73. The Morgan fingerprint density at radius 1 is 1.35 bits per heavy atom. The van der Waals surface area contributed by atoms with Gasteiger partial charge in [0.25, 0.3) is 5.82 Å². The minimum absolute atomic E-state index is 0.187. The largest absolute Gasteiger partial charge is 0.475 e. The molecule has 1 N–H and O–H groups in total. The molecule has 6 heteroatoms. The van der Waals surface area contributed by atoms with Crippen LogP contribution in [0.3, 0.4) is 0 Å². The van der Waals surface area contributed by atoms with Crippen molar-refractivity contribution in [1.82, 2.24) is 19.7 Å². The maximum absolute atomic E-state index is 11.0. The summed E-state index contributed by atoms with van der Waals surface area (Å²) in [6.45, 7) is 1.92. The molecule has 3 rings (SSSR count). The molecule has 1 aromatic carbocycles. The van der Waals surface area contributed by atoms with Gasteiger partial charge >= 0.3 is 5.97 Å². The summed E-state index contributed by atoms with van der Waals surface area (Å²) in [5.41, 5.74) is 0.807. The molecule has 0 aliphatic carbocycles. The van der Waals surface area contributed by atoms with Crippen LogP contribution >= 0.6 is 0 Å². The van der Waals surface area contributed by atoms with E-state index in [1.165, 1.54) is 0 Å². The number of aromatic carboxylic acids is 1. The van der Waals surface area contributed by atoms with Gasteiger partial charge in [-0.15, -0.1) is 5.10 Å². The van der Waals surface area contributed by atoms with E-state index in [0.717, 1.165) is 16.5 Å². The molecule has 0 bridgehead atoms. The van der Waals surface area contributed by atoms with Crippen LogP contribution in [-0.2, 0) is 6.42 Å². The lowest BCUT2D eigenvalue weighted by atomic mass is 10.1. The van der Waals surface area contributed by atoms with E-state index >= 15 is 0 Å². The Balaban J connectivity index is 2.28. The summed E-state index contributed by atoms with van der Waals surface area (Å²) in [5.74, 6) is -0.694. The Morgan fingerprint density at radius 3 is 2.95 bits per heavy atom. The Bertz CT molecular complexity index is 789. The standard InChI is InChI=1S/C14H12N4O2/c1-2-12-16-13(14(19)20)17-18(12)11-5-3-4-9-8-15-7-6-10(9)11/h3-8H,2H2,1H3,(H,19,20). The average molecular weight is 268 g/mol. The third-order valence-electron chi connectivity index (χ3n) is 3.07. The fourth-order valence-corrected chi connectivity index (χ4v) is 2.15. The minimum atomic E-state index is -1.12. The van der Waals surface area contributed by atoms with Gasteiger partial charge in [-0.3, -0.25) is 4.98 Å². The van der Waals surface area contributed by atoms with Gasteiger partial charge < -0.3 is 5.11 Å². The van der Waals surface area contributed by atoms with Gasteiger partial charge in [-0.2, -0.15) is 0 Å². The van der Waals surface area contributed by atoms with Gasteiger partial charge in [0.15, 0.2) is 0 Å². The number of aryl methyl sites for hydroxylation is 1. The van der Waals surface area contributed by atoms with Crippen LogP contribution in [0.5, 0.6) is 0 Å². The highest BCUT2D eigenvalue weighted by molar-refractivity contribution is 5.89. The topological polar surface area (TPSA) is 80.9 Å². The van der Waals surface area contributed by atoms with Crippen molar-refractivity contribution in [1.29, 1.82) is 0 Å². The van der Waals surface area contributed by atoms with E-state index in [4.69, 9.17) is 5.11 Å². The molecule has 20 heavy (non-hydrogen) atoms. The first-order valence-corrected chi connectivity index (χ1v) is 6.23. The van der Waals surface area contributed by atoms with Gasteiger partial charge in [0.05, 0.1) is 5.69 Å². The molecule has 0 aliphatic heterocycles. The maximum Gasteiger partial charge on any atom is 0.375 e. The van der Waals surface area contributed by atoms with E-state index in [-0.39, 0.29) is 5.82 Å². The summed E-state index contributed by atoms with van der Waals surface area (Å²) < 4.78 is 1.59. The van der Waals surface area contributed by atoms with Gasteiger partial charge in [-0.25, -0.2) is 14.5 Å². The molecule has 0 atom stereocenters. The van der Waals surface area contributed by atoms with E-state index in [0.29, 0.717) is 12.2 Å². The molecule has 6 nitrogen and oxygen atoms in total. The van der Waals surface area contributed by atoms with Gasteiger partial charge in [0.1, 0.15) is 5.82 Å². The highest BCUT2D eigenvalue weighted by Crippen LogP contribution is 2.22. The second-order valence-electron chi connectivity index (χ2n) is 4.30. The number of benzene rings is 1. The van der Waals surface area contributed by atoms with Crippen LogP contribution in [0, 0.1) is 0 Å². The summed E-state index contributed by atoms with van der Waals surface area (Å²) in [5, 5.41) is 15.0. The predicted molar refractivity (Wildman–Crippen MR) is 73.0 cm³/mol. The van der Waals surface area contributed by atoms with Crippen LogP contribution in [0.25, 0.3) is 16.5 Å². The summed E-state index contributed by atoms with van der Waals surface area (Å²) in [6.07, 6.45) is 4.06. The van der Waals surface area contributed by atoms with Gasteiger partial charge in [-0.05, 0) is 12.1 Å². The normalized spacial score (nSPS) is 10.8. The zero-order valence-corrected chi connectivity index (χ0v) is 10.8. The monoisotopic (exact) mass is 268 g/mol. The SMILES string of the molecule is CCc1nc(C(=O)O)nn1-c1cccc2cnccc12. The molecule has 0 spiro atoms. The number of hydrogen-bond donors (Lipinski definition) is 1. The first-order valence-electron chi connectivity index (χ1n) is 6.23. The molecule has 0 unspecified atom stereocenters. The Hall–Kier alpha value is -2.76. The highest BCUT2D eigenvalue weighted by atomic mass is 16.4. The minimum Gasteiger partial charge on any atom is -0.475 e. The highest BCUT2D eigenvalue weighted by Gasteiger charge is 2.16. The molecular formula is C14H12N4O2. The Labute approximate surface area is 114 Å². The number of hydrogen-bond acceptors (Lipinski definition) is 4. The summed E-state index contributed by atoms with van der Waals surface area (Å²) in [6, 6.07) is 7.61. The first-order chi connectivity index (χ1) is 9.70. The summed E-state index contributed by atoms with van der Waals surface area (Å²) >= 11 is 0. The van der Waals surface area contributed by atoms with Crippen LogP contribution in [-0.4, -0.2) is 30.8 Å². The predicted octanol–water partition coefficient (Wildman–Crippen LogP) is 2.08. The molecule has 0 aliphatic rings. The smallest absolute Gasteiger partial charge is 0.375 e. The van der Waals surface area contributed by atoms with E-state index in [1.54, 1.807) is 17.1 Å². The van der Waals surface area contributed by atoms with Crippen molar-refractivity contribution in [2.75, 3.05) is 0 Å². The van der Waals surface area contributed by atoms with Crippen LogP contribution in [0.2, 0.25) is 0 Å². The van der Waals surface area contributed by atoms with Crippen molar-refractivity contribution in [3.05, 3.63) is 48.3 Å². The van der Waals surface area contributed by atoms with Crippen LogP contribution < -0.4 is 0 Å². The molecule has 0 fully saturated rings. The van der Waals surface area contributed by atoms with Crippen molar-refractivity contribution in [2.45, 2.75) is 13.3 Å². The second-order valence-corrected chi connectivity index (χ2v) is 4.30. The lowest BCUT2D eigenvalue weighted by molar-refractivity contribution is 0.0683. The zero-order valence-electron chi connectivity index (χ0n) is 10.8. The third kappa shape index (κ3) is 1.91. The van der Waals surface area contributed by atoms with Gasteiger partial charge in [0.2, 0.25) is 0 Å². The van der Waals surface area contributed by atoms with Crippen LogP contribution in [0.15, 0.2) is 36.7 Å². The lowest BCUT2D eigenvalue weighted by Gasteiger charge is -2.07. The fraction of sp³-hybridized carbons (Fsp3) is 0.143. The number of nitrogens with zero attached hydrogens (tertiary/aromatic N) is 4. The summed E-state index contributed by atoms with van der Waals surface area (Å²) in [4.78, 5) is 19.2. The van der Waals surface area contributed by atoms with Crippen molar-refractivity contribution in [2.24, 2.45) is 0 Å². The van der Waals surface area contributed by atoms with E-state index in [9.17, 15) is 4.79 Å². The van der Waals surface area contributed by atoms with Crippen molar-refractivity contribution >= 4 is 16.7 Å². The zero-order chi connectivity index (χ0) is 14.1. The number of aromatic nitrogens is 4. The lowest BCUT2D eigenvalue weighted by Crippen LogP contribution is -2.04. The van der Waals surface area contributed by atoms with Gasteiger partial charge in [-0.1, -0.05) is 19.1 Å². The number of pyridine rings is 1. The number of fused-ring (bicyclic) bond motifs is 1. The van der Waals surface area contributed by atoms with Crippen molar-refractivity contribution < 1.29 is 9.90 Å². The van der Waals surface area contributed by atoms with E-state index in [2.05, 4.69) is 15.1 Å².